The summed E-state index contributed by atoms with van der Waals surface area (Å²) in [4.78, 5) is 12.9. The summed E-state index contributed by atoms with van der Waals surface area (Å²) in [5, 5.41) is 2.97. The third-order valence-electron chi connectivity index (χ3n) is 2.33. The summed E-state index contributed by atoms with van der Waals surface area (Å²) in [5.74, 6) is 0.534. The van der Waals surface area contributed by atoms with Gasteiger partial charge in [-0.15, -0.1) is 11.8 Å². The van der Waals surface area contributed by atoms with E-state index in [-0.39, 0.29) is 11.4 Å². The third kappa shape index (κ3) is 5.02. The van der Waals surface area contributed by atoms with Crippen molar-refractivity contribution in [1.29, 1.82) is 0 Å². The van der Waals surface area contributed by atoms with Gasteiger partial charge in [0, 0.05) is 14.9 Å². The highest BCUT2D eigenvalue weighted by atomic mass is 79.9. The lowest BCUT2D eigenvalue weighted by atomic mass is 10.1. The predicted molar refractivity (Wildman–Crippen MR) is 82.2 cm³/mol. The van der Waals surface area contributed by atoms with Crippen molar-refractivity contribution >= 4 is 33.6 Å². The van der Waals surface area contributed by atoms with Gasteiger partial charge in [0.15, 0.2) is 0 Å². The topological polar surface area (TPSA) is 29.1 Å². The molecule has 0 aromatic heterocycles. The van der Waals surface area contributed by atoms with E-state index in [1.807, 2.05) is 20.8 Å². The first-order chi connectivity index (χ1) is 8.19. The van der Waals surface area contributed by atoms with Crippen molar-refractivity contribution in [2.75, 3.05) is 5.75 Å². The van der Waals surface area contributed by atoms with E-state index in [1.165, 1.54) is 16.0 Å². The monoisotopic (exact) mass is 329 g/mol. The number of benzene rings is 1. The normalized spacial score (nSPS) is 11.4. The third-order valence-corrected chi connectivity index (χ3v) is 4.34. The number of hydrogen-bond acceptors (Lipinski definition) is 2. The van der Waals surface area contributed by atoms with Crippen LogP contribution in [0.4, 0.5) is 0 Å². The van der Waals surface area contributed by atoms with Crippen molar-refractivity contribution in [3.63, 3.8) is 0 Å². The van der Waals surface area contributed by atoms with Crippen molar-refractivity contribution in [2.45, 2.75) is 45.1 Å². The van der Waals surface area contributed by atoms with Gasteiger partial charge in [0.05, 0.1) is 5.75 Å². The van der Waals surface area contributed by atoms with Crippen LogP contribution in [0.25, 0.3) is 0 Å². The van der Waals surface area contributed by atoms with E-state index in [1.54, 1.807) is 11.8 Å². The maximum Gasteiger partial charge on any atom is 0.230 e. The minimum absolute atomic E-state index is 0.0764. The fourth-order valence-electron chi connectivity index (χ4n) is 1.51. The number of nitrogens with one attached hydrogen (secondary N) is 1. The van der Waals surface area contributed by atoms with Gasteiger partial charge in [0.1, 0.15) is 0 Å². The van der Waals surface area contributed by atoms with Crippen molar-refractivity contribution in [1.82, 2.24) is 5.32 Å². The average Bonchev–Trinajstić information content (AvgIpc) is 2.19. The quantitative estimate of drug-likeness (QED) is 0.847. The highest BCUT2D eigenvalue weighted by Gasteiger charge is 2.14. The summed E-state index contributed by atoms with van der Waals surface area (Å²) in [6.07, 6.45) is 0. The van der Waals surface area contributed by atoms with Crippen LogP contribution in [0.15, 0.2) is 21.5 Å². The Labute approximate surface area is 122 Å². The number of amides is 1. The molecule has 0 aliphatic rings. The molecular weight excluding hydrogens is 310 g/mol. The molecule has 100 valence electrons. The summed E-state index contributed by atoms with van der Waals surface area (Å²) in [6.45, 7) is 10.1. The molecule has 0 saturated heterocycles. The lowest BCUT2D eigenvalue weighted by Gasteiger charge is -2.20. The predicted octanol–water partition coefficient (Wildman–Crippen LogP) is 4.07. The van der Waals surface area contributed by atoms with E-state index in [0.717, 1.165) is 4.47 Å². The summed E-state index contributed by atoms with van der Waals surface area (Å²) in [6, 6.07) is 4.22. The maximum absolute atomic E-state index is 11.8. The number of rotatable bonds is 3. The number of hydrogen-bond donors (Lipinski definition) is 1. The van der Waals surface area contributed by atoms with E-state index >= 15 is 0 Å². The summed E-state index contributed by atoms with van der Waals surface area (Å²) >= 11 is 5.10. The van der Waals surface area contributed by atoms with E-state index < -0.39 is 0 Å². The zero-order chi connectivity index (χ0) is 13.9. The molecule has 1 aromatic carbocycles. The first kappa shape index (κ1) is 15.6. The molecule has 0 heterocycles. The van der Waals surface area contributed by atoms with Crippen LogP contribution in [-0.2, 0) is 4.79 Å². The van der Waals surface area contributed by atoms with Crippen LogP contribution in [0.1, 0.15) is 31.9 Å². The fourth-order valence-corrected chi connectivity index (χ4v) is 2.87. The largest absolute Gasteiger partial charge is 0.351 e. The number of aryl methyl sites for hydroxylation is 2. The van der Waals surface area contributed by atoms with E-state index in [4.69, 9.17) is 0 Å². The van der Waals surface area contributed by atoms with Crippen molar-refractivity contribution in [3.05, 3.63) is 27.7 Å². The van der Waals surface area contributed by atoms with Crippen LogP contribution >= 0.6 is 27.7 Å². The second-order valence-electron chi connectivity index (χ2n) is 5.45. The Hall–Kier alpha value is -0.480. The van der Waals surface area contributed by atoms with Gasteiger partial charge in [-0.05, 0) is 57.9 Å². The average molecular weight is 330 g/mol. The zero-order valence-corrected chi connectivity index (χ0v) is 14.0. The second-order valence-corrected chi connectivity index (χ2v) is 7.33. The molecule has 0 bridgehead atoms. The van der Waals surface area contributed by atoms with Crippen LogP contribution in [0, 0.1) is 13.8 Å². The Morgan fingerprint density at radius 1 is 1.28 bits per heavy atom. The lowest BCUT2D eigenvalue weighted by Crippen LogP contribution is -2.41. The molecule has 1 amide bonds. The van der Waals surface area contributed by atoms with Crippen LogP contribution in [0.2, 0.25) is 0 Å². The van der Waals surface area contributed by atoms with Gasteiger partial charge in [-0.3, -0.25) is 4.79 Å². The van der Waals surface area contributed by atoms with E-state index in [0.29, 0.717) is 5.75 Å². The molecule has 1 aromatic rings. The molecule has 4 heteroatoms. The molecule has 0 radical (unpaired) electrons. The first-order valence-electron chi connectivity index (χ1n) is 5.89. The van der Waals surface area contributed by atoms with Crippen LogP contribution < -0.4 is 5.32 Å². The zero-order valence-electron chi connectivity index (χ0n) is 11.6. The Morgan fingerprint density at radius 3 is 2.44 bits per heavy atom. The maximum atomic E-state index is 11.8. The first-order valence-corrected chi connectivity index (χ1v) is 7.67. The molecule has 0 aliphatic carbocycles. The Morgan fingerprint density at radius 2 is 1.89 bits per heavy atom. The van der Waals surface area contributed by atoms with Crippen molar-refractivity contribution in [2.24, 2.45) is 0 Å². The van der Waals surface area contributed by atoms with Crippen LogP contribution in [0.5, 0.6) is 0 Å². The van der Waals surface area contributed by atoms with E-state index in [9.17, 15) is 4.79 Å². The highest BCUT2D eigenvalue weighted by molar-refractivity contribution is 9.10. The van der Waals surface area contributed by atoms with Gasteiger partial charge >= 0.3 is 0 Å². The number of thioether (sulfide) groups is 1. The SMILES string of the molecule is Cc1cc(SCC(=O)NC(C)(C)C)c(C)cc1Br. The van der Waals surface area contributed by atoms with Gasteiger partial charge < -0.3 is 5.32 Å². The van der Waals surface area contributed by atoms with Crippen molar-refractivity contribution in [3.8, 4) is 0 Å². The van der Waals surface area contributed by atoms with Gasteiger partial charge in [-0.2, -0.15) is 0 Å². The molecule has 0 atom stereocenters. The van der Waals surface area contributed by atoms with Gasteiger partial charge in [0.2, 0.25) is 5.91 Å². The molecular formula is C14H20BrNOS. The number of halogens is 1. The molecule has 1 rings (SSSR count). The smallest absolute Gasteiger partial charge is 0.230 e. The molecule has 1 N–H and O–H groups in total. The number of carbonyl (C=O) groups excluding carboxylic acids is 1. The van der Waals surface area contributed by atoms with Gasteiger partial charge in [-0.25, -0.2) is 0 Å². The highest BCUT2D eigenvalue weighted by Crippen LogP contribution is 2.28. The Bertz CT molecular complexity index is 452. The molecule has 0 saturated carbocycles. The fraction of sp³-hybridized carbons (Fsp3) is 0.500. The molecule has 2 nitrogen and oxygen atoms in total. The van der Waals surface area contributed by atoms with Gasteiger partial charge in [-0.1, -0.05) is 15.9 Å². The van der Waals surface area contributed by atoms with Crippen LogP contribution in [-0.4, -0.2) is 17.2 Å². The van der Waals surface area contributed by atoms with Gasteiger partial charge in [0.25, 0.3) is 0 Å². The minimum atomic E-state index is -0.164. The van der Waals surface area contributed by atoms with E-state index in [2.05, 4.69) is 47.2 Å². The second kappa shape index (κ2) is 6.11. The molecule has 0 spiro atoms. The summed E-state index contributed by atoms with van der Waals surface area (Å²) in [7, 11) is 0. The Kier molecular flexibility index (Phi) is 5.29. The lowest BCUT2D eigenvalue weighted by molar-refractivity contribution is -0.119. The van der Waals surface area contributed by atoms with Crippen molar-refractivity contribution < 1.29 is 4.79 Å². The van der Waals surface area contributed by atoms with Crippen LogP contribution in [0.3, 0.4) is 0 Å². The molecule has 0 fully saturated rings. The Balaban J connectivity index is 2.64. The minimum Gasteiger partial charge on any atom is -0.351 e. The summed E-state index contributed by atoms with van der Waals surface area (Å²) in [5.41, 5.74) is 2.22. The number of carbonyl (C=O) groups is 1. The summed E-state index contributed by atoms with van der Waals surface area (Å²) < 4.78 is 1.11. The molecule has 0 unspecified atom stereocenters. The standard InChI is InChI=1S/C14H20BrNOS/c1-9-7-12(10(2)6-11(9)15)18-8-13(17)16-14(3,4)5/h6-7H,8H2,1-5H3,(H,16,17). The molecule has 18 heavy (non-hydrogen) atoms. The molecule has 0 aliphatic heterocycles.